The quantitative estimate of drug-likeness (QED) is 0.670. The average Bonchev–Trinajstić information content (AvgIpc) is 2.26. The van der Waals surface area contributed by atoms with Gasteiger partial charge < -0.3 is 4.74 Å². The Labute approximate surface area is 92.8 Å². The van der Waals surface area contributed by atoms with Gasteiger partial charge in [-0.05, 0) is 32.7 Å². The van der Waals surface area contributed by atoms with Gasteiger partial charge in [0.25, 0.3) is 0 Å². The predicted molar refractivity (Wildman–Crippen MR) is 60.7 cm³/mol. The summed E-state index contributed by atoms with van der Waals surface area (Å²) in [4.78, 5) is 14.0. The summed E-state index contributed by atoms with van der Waals surface area (Å²) in [6.45, 7) is 5.37. The van der Waals surface area contributed by atoms with Crippen LogP contribution in [0.15, 0.2) is 0 Å². The number of rotatable bonds is 4. The van der Waals surface area contributed by atoms with Crippen molar-refractivity contribution in [1.29, 1.82) is 0 Å². The fourth-order valence-electron chi connectivity index (χ4n) is 2.41. The Morgan fingerprint density at radius 1 is 1.53 bits per heavy atom. The highest BCUT2D eigenvalue weighted by molar-refractivity contribution is 5.75. The van der Waals surface area contributed by atoms with E-state index in [1.165, 1.54) is 26.4 Å². The first-order chi connectivity index (χ1) is 7.20. The summed E-state index contributed by atoms with van der Waals surface area (Å²) in [7, 11) is 1.49. The maximum atomic E-state index is 11.7. The molecule has 1 rings (SSSR count). The van der Waals surface area contributed by atoms with Crippen molar-refractivity contribution in [2.75, 3.05) is 13.7 Å². The Kier molecular flexibility index (Phi) is 5.09. The van der Waals surface area contributed by atoms with E-state index in [-0.39, 0.29) is 12.0 Å². The van der Waals surface area contributed by atoms with Crippen LogP contribution in [-0.2, 0) is 9.53 Å². The zero-order valence-electron chi connectivity index (χ0n) is 10.2. The van der Waals surface area contributed by atoms with Crippen LogP contribution >= 0.6 is 0 Å². The molecule has 0 aliphatic carbocycles. The molecule has 3 nitrogen and oxygen atoms in total. The van der Waals surface area contributed by atoms with Crippen molar-refractivity contribution in [3.63, 3.8) is 0 Å². The molecule has 0 aromatic carbocycles. The number of esters is 1. The molecule has 0 unspecified atom stereocenters. The molecule has 88 valence electrons. The minimum Gasteiger partial charge on any atom is -0.468 e. The van der Waals surface area contributed by atoms with Crippen molar-refractivity contribution in [1.82, 2.24) is 4.90 Å². The van der Waals surface area contributed by atoms with Crippen molar-refractivity contribution >= 4 is 5.97 Å². The third-order valence-corrected chi connectivity index (χ3v) is 3.29. The molecule has 0 N–H and O–H groups in total. The van der Waals surface area contributed by atoms with Gasteiger partial charge >= 0.3 is 5.97 Å². The Bertz CT molecular complexity index is 206. The van der Waals surface area contributed by atoms with Gasteiger partial charge in [0.15, 0.2) is 0 Å². The van der Waals surface area contributed by atoms with Crippen LogP contribution in [0.2, 0.25) is 0 Å². The Morgan fingerprint density at radius 3 is 2.80 bits per heavy atom. The third-order valence-electron chi connectivity index (χ3n) is 3.29. The van der Waals surface area contributed by atoms with Crippen LogP contribution in [0.5, 0.6) is 0 Å². The molecular formula is C12H23NO2. The van der Waals surface area contributed by atoms with Gasteiger partial charge in [0.2, 0.25) is 0 Å². The van der Waals surface area contributed by atoms with Crippen LogP contribution < -0.4 is 0 Å². The van der Waals surface area contributed by atoms with E-state index in [2.05, 4.69) is 18.7 Å². The molecule has 1 fully saturated rings. The van der Waals surface area contributed by atoms with Crippen LogP contribution in [0, 0.1) is 0 Å². The number of likely N-dealkylation sites (tertiary alicyclic amines) is 1. The van der Waals surface area contributed by atoms with Crippen LogP contribution in [0.1, 0.15) is 46.0 Å². The second-order valence-electron chi connectivity index (χ2n) is 4.41. The van der Waals surface area contributed by atoms with Crippen molar-refractivity contribution in [3.8, 4) is 0 Å². The number of hydrogen-bond donors (Lipinski definition) is 0. The molecular weight excluding hydrogens is 190 g/mol. The van der Waals surface area contributed by atoms with Gasteiger partial charge in [0.05, 0.1) is 7.11 Å². The molecule has 1 heterocycles. The molecule has 0 amide bonds. The average molecular weight is 213 g/mol. The minimum atomic E-state index is -0.0643. The molecule has 15 heavy (non-hydrogen) atoms. The van der Waals surface area contributed by atoms with E-state index < -0.39 is 0 Å². The number of carbonyl (C=O) groups is 1. The first kappa shape index (κ1) is 12.5. The van der Waals surface area contributed by atoms with Crippen LogP contribution in [-0.4, -0.2) is 36.6 Å². The molecule has 1 aliphatic heterocycles. The molecule has 0 spiro atoms. The molecule has 3 heteroatoms. The van der Waals surface area contributed by atoms with Gasteiger partial charge in [-0.25, -0.2) is 0 Å². The summed E-state index contributed by atoms with van der Waals surface area (Å²) in [5.74, 6) is -0.0643. The first-order valence-electron chi connectivity index (χ1n) is 6.04. The largest absolute Gasteiger partial charge is 0.468 e. The summed E-state index contributed by atoms with van der Waals surface area (Å²) in [5.41, 5.74) is 0. The summed E-state index contributed by atoms with van der Waals surface area (Å²) in [5, 5.41) is 0. The Balaban J connectivity index is 2.64. The molecule has 1 saturated heterocycles. The molecule has 0 bridgehead atoms. The molecule has 2 atom stereocenters. The molecule has 0 radical (unpaired) electrons. The lowest BCUT2D eigenvalue weighted by Crippen LogP contribution is -2.49. The number of methoxy groups -OCH3 is 1. The normalized spacial score (nSPS) is 24.9. The van der Waals surface area contributed by atoms with Crippen molar-refractivity contribution < 1.29 is 9.53 Å². The molecule has 0 aromatic rings. The van der Waals surface area contributed by atoms with Gasteiger partial charge in [-0.15, -0.1) is 0 Å². The van der Waals surface area contributed by atoms with Gasteiger partial charge in [-0.1, -0.05) is 19.8 Å². The molecule has 1 aliphatic rings. The van der Waals surface area contributed by atoms with E-state index in [1.807, 2.05) is 0 Å². The summed E-state index contributed by atoms with van der Waals surface area (Å²) >= 11 is 0. The second kappa shape index (κ2) is 6.11. The van der Waals surface area contributed by atoms with E-state index >= 15 is 0 Å². The predicted octanol–water partition coefficient (Wildman–Crippen LogP) is 2.20. The molecule has 0 aromatic heterocycles. The number of carbonyl (C=O) groups excluding carboxylic acids is 1. The monoisotopic (exact) mass is 213 g/mol. The lowest BCUT2D eigenvalue weighted by molar-refractivity contribution is -0.148. The van der Waals surface area contributed by atoms with Crippen molar-refractivity contribution in [2.45, 2.75) is 58.0 Å². The van der Waals surface area contributed by atoms with Crippen LogP contribution in [0.4, 0.5) is 0 Å². The van der Waals surface area contributed by atoms with Crippen molar-refractivity contribution in [2.24, 2.45) is 0 Å². The SMILES string of the molecule is CCC[C@@H](C(=O)OC)N1CCCC[C@@H]1C. The fraction of sp³-hybridized carbons (Fsp3) is 0.917. The zero-order valence-corrected chi connectivity index (χ0v) is 10.2. The van der Waals surface area contributed by atoms with E-state index in [4.69, 9.17) is 4.74 Å². The van der Waals surface area contributed by atoms with Crippen LogP contribution in [0.25, 0.3) is 0 Å². The standard InChI is InChI=1S/C12H23NO2/c1-4-7-11(12(14)15-3)13-9-6-5-8-10(13)2/h10-11H,4-9H2,1-3H3/t10-,11-/m0/s1. The van der Waals surface area contributed by atoms with Gasteiger partial charge in [0.1, 0.15) is 6.04 Å². The highest BCUT2D eigenvalue weighted by Crippen LogP contribution is 2.21. The maximum absolute atomic E-state index is 11.7. The first-order valence-corrected chi connectivity index (χ1v) is 6.04. The fourth-order valence-corrected chi connectivity index (χ4v) is 2.41. The van der Waals surface area contributed by atoms with Gasteiger partial charge in [0, 0.05) is 6.04 Å². The Morgan fingerprint density at radius 2 is 2.27 bits per heavy atom. The highest BCUT2D eigenvalue weighted by atomic mass is 16.5. The van der Waals surface area contributed by atoms with Gasteiger partial charge in [-0.2, -0.15) is 0 Å². The third kappa shape index (κ3) is 3.20. The van der Waals surface area contributed by atoms with Crippen molar-refractivity contribution in [3.05, 3.63) is 0 Å². The van der Waals surface area contributed by atoms with E-state index in [0.717, 1.165) is 19.4 Å². The maximum Gasteiger partial charge on any atom is 0.323 e. The Hall–Kier alpha value is -0.570. The van der Waals surface area contributed by atoms with E-state index in [1.54, 1.807) is 0 Å². The zero-order chi connectivity index (χ0) is 11.3. The number of piperidine rings is 1. The summed E-state index contributed by atoms with van der Waals surface area (Å²) in [6, 6.07) is 0.504. The smallest absolute Gasteiger partial charge is 0.323 e. The lowest BCUT2D eigenvalue weighted by atomic mass is 9.99. The minimum absolute atomic E-state index is 0.0182. The summed E-state index contributed by atoms with van der Waals surface area (Å²) in [6.07, 6.45) is 5.65. The topological polar surface area (TPSA) is 29.5 Å². The molecule has 0 saturated carbocycles. The number of nitrogens with zero attached hydrogens (tertiary/aromatic N) is 1. The van der Waals surface area contributed by atoms with E-state index in [9.17, 15) is 4.79 Å². The van der Waals surface area contributed by atoms with E-state index in [0.29, 0.717) is 6.04 Å². The van der Waals surface area contributed by atoms with Gasteiger partial charge in [-0.3, -0.25) is 9.69 Å². The summed E-state index contributed by atoms with van der Waals surface area (Å²) < 4.78 is 4.89. The number of hydrogen-bond acceptors (Lipinski definition) is 3. The number of ether oxygens (including phenoxy) is 1. The second-order valence-corrected chi connectivity index (χ2v) is 4.41. The lowest BCUT2D eigenvalue weighted by Gasteiger charge is -2.38. The highest BCUT2D eigenvalue weighted by Gasteiger charge is 2.30. The van der Waals surface area contributed by atoms with Crippen LogP contribution in [0.3, 0.4) is 0 Å².